The van der Waals surface area contributed by atoms with Gasteiger partial charge in [0.25, 0.3) is 0 Å². The monoisotopic (exact) mass is 370 g/mol. The van der Waals surface area contributed by atoms with E-state index in [1.54, 1.807) is 6.07 Å². The molecule has 0 saturated carbocycles. The van der Waals surface area contributed by atoms with Crippen LogP contribution in [0.2, 0.25) is 0 Å². The molecule has 1 aromatic rings. The average molecular weight is 370 g/mol. The summed E-state index contributed by atoms with van der Waals surface area (Å²) in [6, 6.07) is 1.56. The molecule has 0 aliphatic rings. The molecule has 0 bridgehead atoms. The van der Waals surface area contributed by atoms with Crippen molar-refractivity contribution >= 4 is 23.5 Å². The van der Waals surface area contributed by atoms with Gasteiger partial charge >= 0.3 is 11.8 Å². The number of ether oxygens (including phenoxy) is 2. The van der Waals surface area contributed by atoms with Gasteiger partial charge < -0.3 is 19.6 Å². The van der Waals surface area contributed by atoms with Crippen molar-refractivity contribution < 1.29 is 19.2 Å². The molecule has 0 saturated heterocycles. The van der Waals surface area contributed by atoms with Crippen molar-refractivity contribution in [2.45, 2.75) is 63.4 Å². The van der Waals surface area contributed by atoms with Gasteiger partial charge in [-0.05, 0) is 29.2 Å². The van der Waals surface area contributed by atoms with Crippen LogP contribution in [-0.2, 0) is 9.53 Å². The lowest BCUT2D eigenvalue weighted by molar-refractivity contribution is -0.390. The molecule has 1 rings (SSSR count). The van der Waals surface area contributed by atoms with E-state index in [1.165, 1.54) is 25.1 Å². The lowest BCUT2D eigenvalue weighted by Gasteiger charge is -2.15. The third-order valence-electron chi connectivity index (χ3n) is 3.66. The Hall–Kier alpha value is -1.83. The van der Waals surface area contributed by atoms with Crippen LogP contribution in [0.5, 0.6) is 5.75 Å². The SMILES string of the molecule is CCCCCC(CC)OC(=O)CCSc1cnc([N+](=O)[O-])c(OC)c1. The molecule has 7 nitrogen and oxygen atoms in total. The molecule has 1 unspecified atom stereocenters. The fraction of sp³-hybridized carbons (Fsp3) is 0.647. The highest BCUT2D eigenvalue weighted by molar-refractivity contribution is 7.99. The van der Waals surface area contributed by atoms with Gasteiger partial charge in [-0.15, -0.1) is 11.8 Å². The summed E-state index contributed by atoms with van der Waals surface area (Å²) in [7, 11) is 1.36. The number of carbonyl (C=O) groups excluding carboxylic acids is 1. The molecule has 1 heterocycles. The van der Waals surface area contributed by atoms with Crippen molar-refractivity contribution in [1.82, 2.24) is 4.98 Å². The summed E-state index contributed by atoms with van der Waals surface area (Å²) < 4.78 is 10.5. The topological polar surface area (TPSA) is 91.6 Å². The minimum absolute atomic E-state index is 0.00909. The summed E-state index contributed by atoms with van der Waals surface area (Å²) in [4.78, 5) is 26.7. The number of thioether (sulfide) groups is 1. The molecular formula is C17H26N2O5S. The van der Waals surface area contributed by atoms with Crippen LogP contribution in [0.15, 0.2) is 17.2 Å². The molecule has 0 radical (unpaired) electrons. The number of carbonyl (C=O) groups is 1. The van der Waals surface area contributed by atoms with E-state index in [0.29, 0.717) is 10.6 Å². The third kappa shape index (κ3) is 7.72. The van der Waals surface area contributed by atoms with Crippen LogP contribution in [0, 0.1) is 10.1 Å². The molecule has 0 amide bonds. The van der Waals surface area contributed by atoms with Gasteiger partial charge in [-0.1, -0.05) is 26.7 Å². The Balaban J connectivity index is 2.43. The molecule has 0 N–H and O–H groups in total. The Labute approximate surface area is 152 Å². The first-order chi connectivity index (χ1) is 12.0. The first-order valence-electron chi connectivity index (χ1n) is 8.52. The Morgan fingerprint density at radius 1 is 1.40 bits per heavy atom. The molecule has 8 heteroatoms. The summed E-state index contributed by atoms with van der Waals surface area (Å²) in [5.74, 6) is 0.105. The highest BCUT2D eigenvalue weighted by Crippen LogP contribution is 2.29. The van der Waals surface area contributed by atoms with Gasteiger partial charge in [-0.3, -0.25) is 4.79 Å². The first kappa shape index (κ1) is 21.2. The molecular weight excluding hydrogens is 344 g/mol. The van der Waals surface area contributed by atoms with E-state index >= 15 is 0 Å². The molecule has 0 aromatic carbocycles. The number of pyridine rings is 1. The van der Waals surface area contributed by atoms with E-state index in [1.807, 2.05) is 6.92 Å². The number of nitrogens with zero attached hydrogens (tertiary/aromatic N) is 2. The van der Waals surface area contributed by atoms with E-state index in [2.05, 4.69) is 11.9 Å². The van der Waals surface area contributed by atoms with Crippen molar-refractivity contribution in [2.75, 3.05) is 12.9 Å². The van der Waals surface area contributed by atoms with Gasteiger partial charge in [0, 0.05) is 11.8 Å². The molecule has 0 aliphatic heterocycles. The quantitative estimate of drug-likeness (QED) is 0.177. The fourth-order valence-electron chi connectivity index (χ4n) is 2.25. The summed E-state index contributed by atoms with van der Waals surface area (Å²) in [5, 5.41) is 10.8. The number of unbranched alkanes of at least 4 members (excludes halogenated alkanes) is 2. The summed E-state index contributed by atoms with van der Waals surface area (Å²) in [6.07, 6.45) is 6.80. The Bertz CT molecular complexity index is 568. The van der Waals surface area contributed by atoms with Gasteiger partial charge in [0.05, 0.1) is 18.4 Å². The van der Waals surface area contributed by atoms with E-state index in [4.69, 9.17) is 9.47 Å². The van der Waals surface area contributed by atoms with E-state index in [-0.39, 0.29) is 30.1 Å². The maximum absolute atomic E-state index is 11.9. The number of hydrogen-bond acceptors (Lipinski definition) is 7. The van der Waals surface area contributed by atoms with Crippen LogP contribution in [0.1, 0.15) is 52.4 Å². The summed E-state index contributed by atoms with van der Waals surface area (Å²) >= 11 is 1.39. The number of aromatic nitrogens is 1. The second-order valence-electron chi connectivity index (χ2n) is 5.57. The van der Waals surface area contributed by atoms with Crippen molar-refractivity contribution in [2.24, 2.45) is 0 Å². The zero-order chi connectivity index (χ0) is 18.7. The Kier molecular flexibility index (Phi) is 9.91. The smallest absolute Gasteiger partial charge is 0.406 e. The van der Waals surface area contributed by atoms with Crippen molar-refractivity contribution in [3.63, 3.8) is 0 Å². The standard InChI is InChI=1S/C17H26N2O5S/c1-4-6-7-8-13(5-2)24-16(20)9-10-25-14-11-15(23-3)17(18-12-14)19(21)22/h11-13H,4-10H2,1-3H3. The predicted octanol–water partition coefficient (Wildman–Crippen LogP) is 4.38. The van der Waals surface area contributed by atoms with Crippen molar-refractivity contribution in [3.05, 3.63) is 22.4 Å². The lowest BCUT2D eigenvalue weighted by atomic mass is 10.1. The van der Waals surface area contributed by atoms with Crippen LogP contribution < -0.4 is 4.74 Å². The van der Waals surface area contributed by atoms with Gasteiger partial charge in [-0.2, -0.15) is 0 Å². The number of esters is 1. The van der Waals surface area contributed by atoms with Gasteiger partial charge in [0.15, 0.2) is 6.20 Å². The number of hydrogen-bond donors (Lipinski definition) is 0. The molecule has 0 aliphatic carbocycles. The van der Waals surface area contributed by atoms with Crippen LogP contribution >= 0.6 is 11.8 Å². The number of methoxy groups -OCH3 is 1. The number of rotatable bonds is 12. The Morgan fingerprint density at radius 2 is 2.16 bits per heavy atom. The van der Waals surface area contributed by atoms with Gasteiger partial charge in [0.1, 0.15) is 6.10 Å². The number of nitro groups is 1. The molecule has 1 atom stereocenters. The van der Waals surface area contributed by atoms with Crippen LogP contribution in [0.25, 0.3) is 0 Å². The fourth-order valence-corrected chi connectivity index (χ4v) is 3.07. The highest BCUT2D eigenvalue weighted by atomic mass is 32.2. The summed E-state index contributed by atoms with van der Waals surface area (Å²) in [5.41, 5.74) is 0. The zero-order valence-electron chi connectivity index (χ0n) is 15.0. The molecule has 0 spiro atoms. The molecule has 140 valence electrons. The largest absolute Gasteiger partial charge is 0.489 e. The molecule has 0 fully saturated rings. The van der Waals surface area contributed by atoms with Crippen molar-refractivity contribution in [3.8, 4) is 5.75 Å². The second kappa shape index (κ2) is 11.7. The average Bonchev–Trinajstić information content (AvgIpc) is 2.60. The minimum atomic E-state index is -0.589. The summed E-state index contributed by atoms with van der Waals surface area (Å²) in [6.45, 7) is 4.17. The Morgan fingerprint density at radius 3 is 2.76 bits per heavy atom. The van der Waals surface area contributed by atoms with E-state index in [0.717, 1.165) is 32.1 Å². The maximum Gasteiger partial charge on any atom is 0.406 e. The normalized spacial score (nSPS) is 11.8. The van der Waals surface area contributed by atoms with E-state index < -0.39 is 4.92 Å². The minimum Gasteiger partial charge on any atom is -0.489 e. The van der Waals surface area contributed by atoms with Gasteiger partial charge in [0.2, 0.25) is 5.75 Å². The lowest BCUT2D eigenvalue weighted by Crippen LogP contribution is -2.17. The predicted molar refractivity (Wildman–Crippen MR) is 97.1 cm³/mol. The van der Waals surface area contributed by atoms with Crippen LogP contribution in [0.3, 0.4) is 0 Å². The molecule has 1 aromatic heterocycles. The highest BCUT2D eigenvalue weighted by Gasteiger charge is 2.18. The van der Waals surface area contributed by atoms with Crippen LogP contribution in [-0.4, -0.2) is 34.8 Å². The third-order valence-corrected chi connectivity index (χ3v) is 4.62. The van der Waals surface area contributed by atoms with Crippen molar-refractivity contribution in [1.29, 1.82) is 0 Å². The first-order valence-corrected chi connectivity index (χ1v) is 9.51. The maximum atomic E-state index is 11.9. The van der Waals surface area contributed by atoms with E-state index in [9.17, 15) is 14.9 Å². The second-order valence-corrected chi connectivity index (χ2v) is 6.74. The van der Waals surface area contributed by atoms with Crippen LogP contribution in [0.4, 0.5) is 5.82 Å². The zero-order valence-corrected chi connectivity index (χ0v) is 15.8. The van der Waals surface area contributed by atoms with Gasteiger partial charge in [-0.25, -0.2) is 0 Å². The molecule has 25 heavy (non-hydrogen) atoms.